The van der Waals surface area contributed by atoms with Gasteiger partial charge in [0, 0.05) is 11.3 Å². The molecule has 0 aliphatic heterocycles. The highest BCUT2D eigenvalue weighted by Crippen LogP contribution is 2.49. The van der Waals surface area contributed by atoms with E-state index in [2.05, 4.69) is 83.1 Å². The molecule has 1 aliphatic rings. The molecule has 2 aromatic carbocycles. The summed E-state index contributed by atoms with van der Waals surface area (Å²) in [7, 11) is 0. The normalized spacial score (nSPS) is 19.6. The molecule has 0 aromatic heterocycles. The molecule has 3 rings (SSSR count). The van der Waals surface area contributed by atoms with Gasteiger partial charge in [-0.3, -0.25) is 4.79 Å². The van der Waals surface area contributed by atoms with Crippen LogP contribution in [-0.2, 0) is 11.2 Å². The molecule has 0 radical (unpaired) electrons. The number of carbonyl (C=O) groups is 1. The van der Waals surface area contributed by atoms with Crippen molar-refractivity contribution in [3.63, 3.8) is 0 Å². The zero-order valence-electron chi connectivity index (χ0n) is 20.9. The summed E-state index contributed by atoms with van der Waals surface area (Å²) in [4.78, 5) is 13.1. The molecule has 0 spiro atoms. The Morgan fingerprint density at radius 2 is 1.43 bits per heavy atom. The zero-order chi connectivity index (χ0) is 22.9. The number of ketones is 1. The number of benzene rings is 2. The lowest BCUT2D eigenvalue weighted by Gasteiger charge is -2.19. The summed E-state index contributed by atoms with van der Waals surface area (Å²) >= 11 is 0. The van der Waals surface area contributed by atoms with Crippen LogP contribution in [0.25, 0.3) is 0 Å². The lowest BCUT2D eigenvalue weighted by Crippen LogP contribution is -2.22. The molecule has 0 heterocycles. The van der Waals surface area contributed by atoms with E-state index in [1.165, 1.54) is 22.3 Å². The highest BCUT2D eigenvalue weighted by Gasteiger charge is 2.47. The summed E-state index contributed by atoms with van der Waals surface area (Å²) in [6, 6.07) is 17.7. The Morgan fingerprint density at radius 3 is 1.93 bits per heavy atom. The molecular weight excluding hydrogens is 364 g/mol. The van der Waals surface area contributed by atoms with Gasteiger partial charge in [-0.15, -0.1) is 0 Å². The maximum Gasteiger partial charge on any atom is 0.142 e. The van der Waals surface area contributed by atoms with Crippen LogP contribution in [-0.4, -0.2) is 5.78 Å². The van der Waals surface area contributed by atoms with Gasteiger partial charge in [-0.05, 0) is 54.7 Å². The molecule has 0 amide bonds. The standard InChI is InChI=1S/C25H32O.2C2H6/c1-17(2)20-11-13-21(14-12-20)23-16-25(4,5)24(26)22(23)15-10-19-8-6-18(3)7-9-19;2*1-2/h6-9,11-14,17,22-23H,10,15-16H2,1-5H3;2*1-2H3. The predicted octanol–water partition coefficient (Wildman–Crippen LogP) is 8.50. The third-order valence-corrected chi connectivity index (χ3v) is 6.12. The van der Waals surface area contributed by atoms with Crippen LogP contribution in [0.15, 0.2) is 48.5 Å². The summed E-state index contributed by atoms with van der Waals surface area (Å²) in [5, 5.41) is 0. The molecule has 0 bridgehead atoms. The average Bonchev–Trinajstić information content (AvgIpc) is 2.99. The number of carbonyl (C=O) groups excluding carboxylic acids is 1. The van der Waals surface area contributed by atoms with Crippen molar-refractivity contribution in [1.29, 1.82) is 0 Å². The molecule has 2 aromatic rings. The summed E-state index contributed by atoms with van der Waals surface area (Å²) in [5.74, 6) is 1.48. The van der Waals surface area contributed by atoms with Crippen molar-refractivity contribution in [2.24, 2.45) is 11.3 Å². The second-order valence-corrected chi connectivity index (χ2v) is 9.01. The second-order valence-electron chi connectivity index (χ2n) is 9.01. The van der Waals surface area contributed by atoms with Crippen LogP contribution in [0.2, 0.25) is 0 Å². The van der Waals surface area contributed by atoms with E-state index in [0.29, 0.717) is 17.6 Å². The fourth-order valence-electron chi connectivity index (χ4n) is 4.36. The molecule has 166 valence electrons. The first-order valence-corrected chi connectivity index (χ1v) is 12.0. The van der Waals surface area contributed by atoms with Crippen molar-refractivity contribution >= 4 is 5.78 Å². The maximum atomic E-state index is 13.1. The molecular formula is C29H44O. The average molecular weight is 409 g/mol. The Balaban J connectivity index is 0.00000106. The van der Waals surface area contributed by atoms with Gasteiger partial charge in [-0.1, -0.05) is 109 Å². The topological polar surface area (TPSA) is 17.1 Å². The minimum absolute atomic E-state index is 0.135. The molecule has 1 saturated carbocycles. The third kappa shape index (κ3) is 6.56. The van der Waals surface area contributed by atoms with Gasteiger partial charge in [-0.25, -0.2) is 0 Å². The van der Waals surface area contributed by atoms with Crippen LogP contribution in [0, 0.1) is 18.3 Å². The smallest absolute Gasteiger partial charge is 0.142 e. The van der Waals surface area contributed by atoms with Crippen LogP contribution in [0.4, 0.5) is 0 Å². The fraction of sp³-hybridized carbons (Fsp3) is 0.552. The van der Waals surface area contributed by atoms with E-state index < -0.39 is 0 Å². The minimum Gasteiger partial charge on any atom is -0.299 e. The molecule has 1 nitrogen and oxygen atoms in total. The second kappa shape index (κ2) is 12.1. The molecule has 30 heavy (non-hydrogen) atoms. The Bertz CT molecular complexity index is 750. The van der Waals surface area contributed by atoms with Crippen LogP contribution in [0.1, 0.15) is 102 Å². The van der Waals surface area contributed by atoms with Gasteiger partial charge in [0.05, 0.1) is 0 Å². The van der Waals surface area contributed by atoms with Gasteiger partial charge in [0.1, 0.15) is 5.78 Å². The van der Waals surface area contributed by atoms with Gasteiger partial charge >= 0.3 is 0 Å². The van der Waals surface area contributed by atoms with Gasteiger partial charge in [0.25, 0.3) is 0 Å². The van der Waals surface area contributed by atoms with E-state index >= 15 is 0 Å². The lowest BCUT2D eigenvalue weighted by molar-refractivity contribution is -0.127. The largest absolute Gasteiger partial charge is 0.299 e. The Hall–Kier alpha value is -1.89. The van der Waals surface area contributed by atoms with Crippen LogP contribution in [0.5, 0.6) is 0 Å². The number of Topliss-reactive ketones (excluding diaryl/α,β-unsaturated/α-hetero) is 1. The van der Waals surface area contributed by atoms with Crippen molar-refractivity contribution in [2.75, 3.05) is 0 Å². The van der Waals surface area contributed by atoms with Crippen LogP contribution in [0.3, 0.4) is 0 Å². The van der Waals surface area contributed by atoms with Crippen molar-refractivity contribution < 1.29 is 4.79 Å². The number of hydrogen-bond donors (Lipinski definition) is 0. The highest BCUT2D eigenvalue weighted by molar-refractivity contribution is 5.89. The molecule has 2 unspecified atom stereocenters. The fourth-order valence-corrected chi connectivity index (χ4v) is 4.36. The SMILES string of the molecule is CC.CC.Cc1ccc(CCC2C(=O)C(C)(C)CC2c2ccc(C(C)C)cc2)cc1. The first kappa shape index (κ1) is 26.1. The Kier molecular flexibility index (Phi) is 10.5. The van der Waals surface area contributed by atoms with E-state index in [0.717, 1.165) is 19.3 Å². The van der Waals surface area contributed by atoms with E-state index in [1.807, 2.05) is 27.7 Å². The first-order valence-electron chi connectivity index (χ1n) is 12.0. The maximum absolute atomic E-state index is 13.1. The molecule has 0 saturated heterocycles. The number of hydrogen-bond acceptors (Lipinski definition) is 1. The minimum atomic E-state index is -0.209. The van der Waals surface area contributed by atoms with Crippen molar-refractivity contribution in [3.8, 4) is 0 Å². The van der Waals surface area contributed by atoms with E-state index in [1.54, 1.807) is 0 Å². The van der Waals surface area contributed by atoms with E-state index in [9.17, 15) is 4.79 Å². The third-order valence-electron chi connectivity index (χ3n) is 6.12. The number of aryl methyl sites for hydroxylation is 2. The zero-order valence-corrected chi connectivity index (χ0v) is 20.9. The molecule has 2 atom stereocenters. The van der Waals surface area contributed by atoms with Crippen molar-refractivity contribution in [2.45, 2.75) is 93.4 Å². The molecule has 1 heteroatoms. The van der Waals surface area contributed by atoms with E-state index in [-0.39, 0.29) is 11.3 Å². The van der Waals surface area contributed by atoms with Crippen molar-refractivity contribution in [1.82, 2.24) is 0 Å². The lowest BCUT2D eigenvalue weighted by atomic mass is 9.84. The Labute approximate surface area is 186 Å². The number of rotatable bonds is 5. The predicted molar refractivity (Wildman–Crippen MR) is 132 cm³/mol. The summed E-state index contributed by atoms with van der Waals surface area (Å²) in [6.07, 6.45) is 2.89. The van der Waals surface area contributed by atoms with Crippen molar-refractivity contribution in [3.05, 3.63) is 70.8 Å². The van der Waals surface area contributed by atoms with Gasteiger partial charge in [-0.2, -0.15) is 0 Å². The summed E-state index contributed by atoms with van der Waals surface area (Å²) < 4.78 is 0. The van der Waals surface area contributed by atoms with Gasteiger partial charge in [0.2, 0.25) is 0 Å². The van der Waals surface area contributed by atoms with Gasteiger partial charge in [0.15, 0.2) is 0 Å². The van der Waals surface area contributed by atoms with E-state index in [4.69, 9.17) is 0 Å². The summed E-state index contributed by atoms with van der Waals surface area (Å²) in [5.41, 5.74) is 5.12. The molecule has 1 aliphatic carbocycles. The Morgan fingerprint density at radius 1 is 0.900 bits per heavy atom. The van der Waals surface area contributed by atoms with Crippen LogP contribution < -0.4 is 0 Å². The molecule has 0 N–H and O–H groups in total. The monoisotopic (exact) mass is 408 g/mol. The summed E-state index contributed by atoms with van der Waals surface area (Å²) in [6.45, 7) is 18.8. The van der Waals surface area contributed by atoms with Crippen LogP contribution >= 0.6 is 0 Å². The first-order chi connectivity index (χ1) is 14.3. The quantitative estimate of drug-likeness (QED) is 0.484. The molecule has 1 fully saturated rings. The highest BCUT2D eigenvalue weighted by atomic mass is 16.1. The van der Waals surface area contributed by atoms with Gasteiger partial charge < -0.3 is 0 Å².